The lowest BCUT2D eigenvalue weighted by Crippen LogP contribution is -2.36. The Morgan fingerprint density at radius 2 is 1.91 bits per heavy atom. The van der Waals surface area contributed by atoms with E-state index in [9.17, 15) is 4.79 Å². The van der Waals surface area contributed by atoms with Gasteiger partial charge in [-0.05, 0) is 35.7 Å². The summed E-state index contributed by atoms with van der Waals surface area (Å²) in [5.74, 6) is 2.02. The first kappa shape index (κ1) is 17.1. The van der Waals surface area contributed by atoms with E-state index in [1.165, 1.54) is 0 Å². The van der Waals surface area contributed by atoms with Gasteiger partial charge in [0.15, 0.2) is 0 Å². The average Bonchev–Trinajstić information content (AvgIpc) is 3.07. The van der Waals surface area contributed by atoms with Gasteiger partial charge in [0.2, 0.25) is 5.91 Å². The fourth-order valence-corrected chi connectivity index (χ4v) is 2.84. The highest BCUT2D eigenvalue weighted by Gasteiger charge is 2.27. The Balaban J connectivity index is 2.34. The molecule has 0 fully saturated rings. The topological polar surface area (TPSA) is 42.7 Å². The van der Waals surface area contributed by atoms with Gasteiger partial charge in [-0.25, -0.2) is 0 Å². The van der Waals surface area contributed by atoms with Gasteiger partial charge >= 0.3 is 0 Å². The van der Waals surface area contributed by atoms with Gasteiger partial charge in [0, 0.05) is 6.42 Å². The highest BCUT2D eigenvalue weighted by molar-refractivity contribution is 5.76. The summed E-state index contributed by atoms with van der Waals surface area (Å²) < 4.78 is 10.7. The molecule has 0 bridgehead atoms. The maximum atomic E-state index is 12.5. The molecule has 0 saturated carbocycles. The van der Waals surface area contributed by atoms with Crippen LogP contribution in [-0.4, -0.2) is 17.9 Å². The number of amides is 1. The van der Waals surface area contributed by atoms with Crippen LogP contribution < -0.4 is 4.74 Å². The van der Waals surface area contributed by atoms with Gasteiger partial charge in [0.1, 0.15) is 11.5 Å². The molecule has 1 atom stereocenters. The number of carbonyl (C=O) groups is 1. The predicted octanol–water partition coefficient (Wildman–Crippen LogP) is 4.42. The van der Waals surface area contributed by atoms with E-state index >= 15 is 0 Å². The molecule has 23 heavy (non-hydrogen) atoms. The number of methoxy groups -OCH3 is 1. The number of carbonyl (C=O) groups excluding carboxylic acids is 1. The predicted molar refractivity (Wildman–Crippen MR) is 90.1 cm³/mol. The first-order chi connectivity index (χ1) is 11.1. The SMILES string of the molecule is CCC(=O)N(Cc1ccco1)[C@H](c1ccc(OC)cc1)C(C)C. The van der Waals surface area contributed by atoms with Crippen molar-refractivity contribution in [1.29, 1.82) is 0 Å². The number of benzene rings is 1. The summed E-state index contributed by atoms with van der Waals surface area (Å²) in [5.41, 5.74) is 1.11. The minimum Gasteiger partial charge on any atom is -0.497 e. The van der Waals surface area contributed by atoms with Crippen molar-refractivity contribution in [2.75, 3.05) is 7.11 Å². The molecule has 124 valence electrons. The smallest absolute Gasteiger partial charge is 0.223 e. The average molecular weight is 315 g/mol. The normalized spacial score (nSPS) is 12.2. The molecule has 1 aromatic carbocycles. The maximum absolute atomic E-state index is 12.5. The van der Waals surface area contributed by atoms with Crippen LogP contribution in [0, 0.1) is 5.92 Å². The van der Waals surface area contributed by atoms with Gasteiger partial charge in [0.05, 0.1) is 26.0 Å². The monoisotopic (exact) mass is 315 g/mol. The number of hydrogen-bond acceptors (Lipinski definition) is 3. The number of ether oxygens (including phenoxy) is 1. The molecule has 0 radical (unpaired) electrons. The zero-order chi connectivity index (χ0) is 16.8. The van der Waals surface area contributed by atoms with Gasteiger partial charge in [-0.1, -0.05) is 32.9 Å². The summed E-state index contributed by atoms with van der Waals surface area (Å²) >= 11 is 0. The second-order valence-electron chi connectivity index (χ2n) is 5.92. The van der Waals surface area contributed by atoms with E-state index in [2.05, 4.69) is 13.8 Å². The Hall–Kier alpha value is -2.23. The third-order valence-electron chi connectivity index (χ3n) is 3.95. The fourth-order valence-electron chi connectivity index (χ4n) is 2.84. The van der Waals surface area contributed by atoms with E-state index in [-0.39, 0.29) is 17.9 Å². The maximum Gasteiger partial charge on any atom is 0.223 e. The largest absolute Gasteiger partial charge is 0.497 e. The third-order valence-corrected chi connectivity index (χ3v) is 3.95. The Bertz CT molecular complexity index is 602. The van der Waals surface area contributed by atoms with Crippen LogP contribution in [0.25, 0.3) is 0 Å². The number of nitrogens with zero attached hydrogens (tertiary/aromatic N) is 1. The van der Waals surface area contributed by atoms with E-state index in [4.69, 9.17) is 9.15 Å². The minimum atomic E-state index is -0.00143. The van der Waals surface area contributed by atoms with E-state index in [0.29, 0.717) is 13.0 Å². The van der Waals surface area contributed by atoms with Crippen LogP contribution in [0.4, 0.5) is 0 Å². The van der Waals surface area contributed by atoms with Crippen LogP contribution in [-0.2, 0) is 11.3 Å². The quantitative estimate of drug-likeness (QED) is 0.759. The lowest BCUT2D eigenvalue weighted by atomic mass is 9.93. The molecule has 0 spiro atoms. The van der Waals surface area contributed by atoms with Crippen LogP contribution in [0.5, 0.6) is 5.75 Å². The van der Waals surface area contributed by atoms with E-state index < -0.39 is 0 Å². The molecule has 4 heteroatoms. The summed E-state index contributed by atoms with van der Waals surface area (Å²) in [6.45, 7) is 6.64. The molecule has 1 heterocycles. The summed E-state index contributed by atoms with van der Waals surface area (Å²) in [5, 5.41) is 0. The molecule has 2 aromatic rings. The summed E-state index contributed by atoms with van der Waals surface area (Å²) in [7, 11) is 1.65. The molecule has 4 nitrogen and oxygen atoms in total. The number of rotatable bonds is 7. The Labute approximate surface area is 138 Å². The molecular weight excluding hydrogens is 290 g/mol. The van der Waals surface area contributed by atoms with Crippen molar-refractivity contribution >= 4 is 5.91 Å². The fraction of sp³-hybridized carbons (Fsp3) is 0.421. The lowest BCUT2D eigenvalue weighted by molar-refractivity contribution is -0.135. The summed E-state index contributed by atoms with van der Waals surface area (Å²) in [6, 6.07) is 11.7. The molecule has 0 aliphatic heterocycles. The number of furan rings is 1. The Morgan fingerprint density at radius 3 is 2.39 bits per heavy atom. The van der Waals surface area contributed by atoms with Gasteiger partial charge in [0.25, 0.3) is 0 Å². The van der Waals surface area contributed by atoms with Crippen molar-refractivity contribution in [3.8, 4) is 5.75 Å². The Morgan fingerprint density at radius 1 is 1.22 bits per heavy atom. The Kier molecular flexibility index (Phi) is 5.85. The first-order valence-electron chi connectivity index (χ1n) is 8.02. The van der Waals surface area contributed by atoms with Crippen molar-refractivity contribution in [3.63, 3.8) is 0 Å². The minimum absolute atomic E-state index is 0.00143. The highest BCUT2D eigenvalue weighted by Crippen LogP contribution is 2.31. The van der Waals surface area contributed by atoms with Crippen molar-refractivity contribution in [2.24, 2.45) is 5.92 Å². The zero-order valence-electron chi connectivity index (χ0n) is 14.3. The molecule has 0 aliphatic carbocycles. The van der Waals surface area contributed by atoms with Crippen LogP contribution in [0.1, 0.15) is 44.6 Å². The van der Waals surface area contributed by atoms with Crippen molar-refractivity contribution in [1.82, 2.24) is 4.90 Å². The first-order valence-corrected chi connectivity index (χ1v) is 8.02. The van der Waals surface area contributed by atoms with Crippen LogP contribution in [0.3, 0.4) is 0 Å². The molecule has 0 aliphatic rings. The second kappa shape index (κ2) is 7.86. The molecule has 0 unspecified atom stereocenters. The molecule has 0 N–H and O–H groups in total. The van der Waals surface area contributed by atoms with E-state index in [1.807, 2.05) is 48.2 Å². The molecule has 0 saturated heterocycles. The summed E-state index contributed by atoms with van der Waals surface area (Å²) in [4.78, 5) is 14.4. The standard InChI is InChI=1S/C19H25NO3/c1-5-18(21)20(13-17-7-6-12-23-17)19(14(2)3)15-8-10-16(22-4)11-9-15/h6-12,14,19H,5,13H2,1-4H3/t19-/m0/s1. The van der Waals surface area contributed by atoms with E-state index in [0.717, 1.165) is 17.1 Å². The number of hydrogen-bond donors (Lipinski definition) is 0. The van der Waals surface area contributed by atoms with Crippen molar-refractivity contribution < 1.29 is 13.9 Å². The van der Waals surface area contributed by atoms with E-state index in [1.54, 1.807) is 13.4 Å². The van der Waals surface area contributed by atoms with Gasteiger partial charge in [-0.3, -0.25) is 4.79 Å². The third kappa shape index (κ3) is 4.15. The second-order valence-corrected chi connectivity index (χ2v) is 5.92. The molecule has 1 amide bonds. The molecule has 1 aromatic heterocycles. The zero-order valence-corrected chi connectivity index (χ0v) is 14.3. The molecular formula is C19H25NO3. The molecule has 2 rings (SSSR count). The van der Waals surface area contributed by atoms with Crippen molar-refractivity contribution in [2.45, 2.75) is 39.8 Å². The van der Waals surface area contributed by atoms with Gasteiger partial charge < -0.3 is 14.1 Å². The van der Waals surface area contributed by atoms with Crippen LogP contribution in [0.2, 0.25) is 0 Å². The van der Waals surface area contributed by atoms with Gasteiger partial charge in [-0.2, -0.15) is 0 Å². The van der Waals surface area contributed by atoms with Crippen LogP contribution in [0.15, 0.2) is 47.1 Å². The lowest BCUT2D eigenvalue weighted by Gasteiger charge is -2.34. The highest BCUT2D eigenvalue weighted by atomic mass is 16.5. The summed E-state index contributed by atoms with van der Waals surface area (Å²) in [6.07, 6.45) is 2.11. The van der Waals surface area contributed by atoms with Crippen LogP contribution >= 0.6 is 0 Å². The van der Waals surface area contributed by atoms with Gasteiger partial charge in [-0.15, -0.1) is 0 Å². The van der Waals surface area contributed by atoms with Crippen molar-refractivity contribution in [3.05, 3.63) is 54.0 Å².